The number of halogens is 2. The minimum Gasteiger partial charge on any atom is -0.478 e. The van der Waals surface area contributed by atoms with Gasteiger partial charge in [-0.05, 0) is 42.3 Å². The summed E-state index contributed by atoms with van der Waals surface area (Å²) in [7, 11) is 0. The van der Waals surface area contributed by atoms with Gasteiger partial charge in [-0.1, -0.05) is 42.5 Å². The molecule has 3 aromatic carbocycles. The van der Waals surface area contributed by atoms with Gasteiger partial charge in [-0.25, -0.2) is 23.4 Å². The SMILES string of the molecule is Cc1c(-c2ccc(-c3ccccc3F)cc2)nc2ccc(F)cc2c1C(=O)O.O=c1ccn([C@@H]2O[C@H](CO)[C@@H](O)[C@H]2O)c(=O)[nH]1.[Na]. The molecule has 14 heteroatoms. The van der Waals surface area contributed by atoms with Gasteiger partial charge in [-0.3, -0.25) is 14.3 Å². The van der Waals surface area contributed by atoms with Crippen molar-refractivity contribution >= 4 is 46.4 Å². The smallest absolute Gasteiger partial charge is 0.336 e. The van der Waals surface area contributed by atoms with Gasteiger partial charge in [-0.2, -0.15) is 0 Å². The molecule has 0 saturated carbocycles. The van der Waals surface area contributed by atoms with Gasteiger partial charge in [0.2, 0.25) is 0 Å². The second-order valence-corrected chi connectivity index (χ2v) is 10.2. The van der Waals surface area contributed by atoms with E-state index in [1.54, 1.807) is 49.4 Å². The second-order valence-electron chi connectivity index (χ2n) is 10.2. The molecule has 5 aromatic rings. The number of aromatic amines is 1. The molecule has 233 valence electrons. The van der Waals surface area contributed by atoms with Crippen LogP contribution in [0, 0.1) is 18.6 Å². The fraction of sp³-hybridized carbons (Fsp3) is 0.188. The van der Waals surface area contributed by atoms with Crippen LogP contribution in [0.2, 0.25) is 0 Å². The average Bonchev–Trinajstić information content (AvgIpc) is 3.30. The van der Waals surface area contributed by atoms with Crippen molar-refractivity contribution in [2.45, 2.75) is 31.5 Å². The van der Waals surface area contributed by atoms with Crippen molar-refractivity contribution in [3.8, 4) is 22.4 Å². The summed E-state index contributed by atoms with van der Waals surface area (Å²) in [6.45, 7) is 1.17. The number of aromatic carboxylic acids is 1. The number of fused-ring (bicyclic) bond motifs is 1. The molecule has 1 radical (unpaired) electrons. The summed E-state index contributed by atoms with van der Waals surface area (Å²) < 4.78 is 33.7. The minimum atomic E-state index is -1.35. The molecule has 4 atom stereocenters. The number of aliphatic hydroxyl groups excluding tert-OH is 3. The van der Waals surface area contributed by atoms with Crippen molar-refractivity contribution in [3.63, 3.8) is 0 Å². The zero-order valence-electron chi connectivity index (χ0n) is 24.6. The molecule has 1 saturated heterocycles. The van der Waals surface area contributed by atoms with E-state index in [9.17, 15) is 38.5 Å². The number of carboxylic acids is 1. The Morgan fingerprint density at radius 2 is 1.65 bits per heavy atom. The summed E-state index contributed by atoms with van der Waals surface area (Å²) in [4.78, 5) is 40.7. The number of pyridine rings is 1. The van der Waals surface area contributed by atoms with Crippen LogP contribution >= 0.6 is 0 Å². The molecule has 3 heterocycles. The van der Waals surface area contributed by atoms with Crippen molar-refractivity contribution < 1.29 is 38.7 Å². The first-order valence-electron chi connectivity index (χ1n) is 13.6. The molecule has 1 aliphatic rings. The molecule has 1 fully saturated rings. The number of nitrogens with zero attached hydrogens (tertiary/aromatic N) is 2. The molecule has 0 amide bonds. The van der Waals surface area contributed by atoms with Gasteiger partial charge >= 0.3 is 11.7 Å². The van der Waals surface area contributed by atoms with Gasteiger partial charge in [0.05, 0.1) is 23.4 Å². The number of hydrogen-bond acceptors (Lipinski definition) is 8. The Bertz CT molecular complexity index is 2000. The molecule has 0 aliphatic carbocycles. The number of carboxylic acid groups (broad SMARTS) is 1. The zero-order valence-corrected chi connectivity index (χ0v) is 26.6. The van der Waals surface area contributed by atoms with E-state index in [0.717, 1.165) is 16.8 Å². The van der Waals surface area contributed by atoms with Gasteiger partial charge in [0, 0.05) is 58.3 Å². The third kappa shape index (κ3) is 7.00. The number of aromatic nitrogens is 3. The molecule has 1 aliphatic heterocycles. The Balaban J connectivity index is 0.000000230. The first-order valence-corrected chi connectivity index (χ1v) is 13.6. The van der Waals surface area contributed by atoms with Crippen molar-refractivity contribution in [1.82, 2.24) is 14.5 Å². The van der Waals surface area contributed by atoms with Crippen molar-refractivity contribution in [2.75, 3.05) is 6.61 Å². The number of H-pyrrole nitrogens is 1. The van der Waals surface area contributed by atoms with Crippen molar-refractivity contribution in [3.05, 3.63) is 123 Å². The fourth-order valence-electron chi connectivity index (χ4n) is 5.13. The van der Waals surface area contributed by atoms with Crippen molar-refractivity contribution in [1.29, 1.82) is 0 Å². The summed E-state index contributed by atoms with van der Waals surface area (Å²) in [6, 6.07) is 18.6. The number of carbonyl (C=O) groups is 1. The summed E-state index contributed by atoms with van der Waals surface area (Å²) in [5, 5.41) is 38.0. The molecular weight excluding hydrogens is 615 g/mol. The topological polar surface area (TPSA) is 175 Å². The van der Waals surface area contributed by atoms with Crippen LogP contribution in [0.15, 0.2) is 88.6 Å². The van der Waals surface area contributed by atoms with E-state index >= 15 is 0 Å². The van der Waals surface area contributed by atoms with Crippen LogP contribution < -0.4 is 11.2 Å². The van der Waals surface area contributed by atoms with Gasteiger partial charge in [0.1, 0.15) is 29.9 Å². The Morgan fingerprint density at radius 3 is 2.26 bits per heavy atom. The second kappa shape index (κ2) is 14.6. The van der Waals surface area contributed by atoms with Crippen LogP contribution in [0.4, 0.5) is 8.78 Å². The van der Waals surface area contributed by atoms with Crippen LogP contribution in [-0.4, -0.2) is 95.4 Å². The first kappa shape index (κ1) is 34.8. The molecular formula is C32H27F2N3NaO8. The maximum absolute atomic E-state index is 14.0. The molecule has 5 N–H and O–H groups in total. The van der Waals surface area contributed by atoms with E-state index in [2.05, 4.69) is 4.98 Å². The summed E-state index contributed by atoms with van der Waals surface area (Å²) in [5.41, 5.74) is 1.94. The molecule has 0 bridgehead atoms. The molecule has 0 spiro atoms. The largest absolute Gasteiger partial charge is 0.478 e. The van der Waals surface area contributed by atoms with Gasteiger partial charge in [-0.15, -0.1) is 0 Å². The zero-order chi connectivity index (χ0) is 32.4. The summed E-state index contributed by atoms with van der Waals surface area (Å²) in [6.07, 6.45) is -3.58. The van der Waals surface area contributed by atoms with E-state index in [0.29, 0.717) is 33.5 Å². The van der Waals surface area contributed by atoms with Gasteiger partial charge in [0.25, 0.3) is 5.56 Å². The predicted octanol–water partition coefficient (Wildman–Crippen LogP) is 2.62. The fourth-order valence-corrected chi connectivity index (χ4v) is 5.13. The molecule has 11 nitrogen and oxygen atoms in total. The Hall–Kier alpha value is -4.08. The molecule has 2 aromatic heterocycles. The molecule has 46 heavy (non-hydrogen) atoms. The number of benzene rings is 3. The predicted molar refractivity (Wildman–Crippen MR) is 164 cm³/mol. The minimum absolute atomic E-state index is 0. The number of nitrogens with one attached hydrogen (secondary N) is 1. The third-order valence-corrected chi connectivity index (χ3v) is 7.39. The maximum atomic E-state index is 14.0. The molecule has 6 rings (SSSR count). The Morgan fingerprint density at radius 1 is 0.978 bits per heavy atom. The first-order chi connectivity index (χ1) is 21.5. The third-order valence-electron chi connectivity index (χ3n) is 7.39. The van der Waals surface area contributed by atoms with Gasteiger partial charge in [0.15, 0.2) is 6.23 Å². The van der Waals surface area contributed by atoms with E-state index in [1.165, 1.54) is 24.3 Å². The number of aliphatic hydroxyl groups is 3. The monoisotopic (exact) mass is 642 g/mol. The van der Waals surface area contributed by atoms with E-state index in [1.807, 2.05) is 4.98 Å². The van der Waals surface area contributed by atoms with Crippen LogP contribution in [-0.2, 0) is 4.74 Å². The van der Waals surface area contributed by atoms with Crippen LogP contribution in [0.5, 0.6) is 0 Å². The van der Waals surface area contributed by atoms with Crippen LogP contribution in [0.1, 0.15) is 22.1 Å². The standard InChI is InChI=1S/C23H15F2NO2.C9H12N2O6.Na/c1-13-21(23(27)28)18-12-16(24)10-11-20(18)26-22(13)15-8-6-14(7-9-15)17-4-2-3-5-19(17)25;12-3-4-6(14)7(15)8(17-4)11-2-1-5(13)10-9(11)16;/h2-12H,1H3,(H,27,28);1-2,4,6-8,12,14-15H,3H2,(H,10,13,16);/t;4-,6-,7-,8-;/m.1./s1. The van der Waals surface area contributed by atoms with Crippen LogP contribution in [0.3, 0.4) is 0 Å². The molecule has 0 unspecified atom stereocenters. The number of hydrogen-bond donors (Lipinski definition) is 5. The van der Waals surface area contributed by atoms with Gasteiger partial charge < -0.3 is 25.2 Å². The normalized spacial score (nSPS) is 18.8. The van der Waals surface area contributed by atoms with Crippen LogP contribution in [0.25, 0.3) is 33.3 Å². The Kier molecular flexibility index (Phi) is 11.0. The van der Waals surface area contributed by atoms with E-state index in [-0.39, 0.29) is 46.3 Å². The average molecular weight is 643 g/mol. The maximum Gasteiger partial charge on any atom is 0.336 e. The summed E-state index contributed by atoms with van der Waals surface area (Å²) in [5.74, 6) is -1.97. The number of rotatable bonds is 5. The Labute approximate surface area is 281 Å². The quantitative estimate of drug-likeness (QED) is 0.181. The van der Waals surface area contributed by atoms with Crippen molar-refractivity contribution in [2.24, 2.45) is 0 Å². The number of ether oxygens (including phenoxy) is 1. The van der Waals surface area contributed by atoms with E-state index < -0.39 is 54.2 Å². The van der Waals surface area contributed by atoms with E-state index in [4.69, 9.17) is 9.84 Å². The summed E-state index contributed by atoms with van der Waals surface area (Å²) >= 11 is 0.